The second kappa shape index (κ2) is 8.09. The molecule has 140 valence electrons. The molecule has 3 aromatic carbocycles. The molecule has 0 saturated carbocycles. The first-order chi connectivity index (χ1) is 13.7. The molecule has 0 amide bonds. The monoisotopic (exact) mass is 370 g/mol. The van der Waals surface area contributed by atoms with Crippen molar-refractivity contribution in [3.05, 3.63) is 102 Å². The molecular weight excluding hydrogens is 348 g/mol. The maximum Gasteiger partial charge on any atom is 0.337 e. The molecule has 0 aliphatic carbocycles. The highest BCUT2D eigenvalue weighted by molar-refractivity contribution is 5.94. The summed E-state index contributed by atoms with van der Waals surface area (Å²) in [7, 11) is 1.39. The van der Waals surface area contributed by atoms with E-state index in [1.165, 1.54) is 18.2 Å². The third-order valence-electron chi connectivity index (χ3n) is 5.03. The van der Waals surface area contributed by atoms with Gasteiger partial charge in [0.05, 0.1) is 18.2 Å². The van der Waals surface area contributed by atoms with E-state index in [9.17, 15) is 4.79 Å². The van der Waals surface area contributed by atoms with Gasteiger partial charge in [0.25, 0.3) is 0 Å². The molecule has 4 nitrogen and oxygen atoms in total. The zero-order valence-corrected chi connectivity index (χ0v) is 15.8. The van der Waals surface area contributed by atoms with Crippen LogP contribution >= 0.6 is 0 Å². The molecule has 0 unspecified atom stereocenters. The smallest absolute Gasteiger partial charge is 0.337 e. The quantitative estimate of drug-likeness (QED) is 0.446. The standard InChI is InChI=1S/C24H22N2O2/c1-28-24(27)20-12-13-21-17-26(25-23(21)16-20)15-14-22(18-8-4-2-5-9-18)19-10-6-3-7-11-19/h2-13,16-17,22H,14-15H2,1H3. The fraction of sp³-hybridized carbons (Fsp3) is 0.167. The van der Waals surface area contributed by atoms with Crippen molar-refractivity contribution in [1.82, 2.24) is 9.78 Å². The number of hydrogen-bond donors (Lipinski definition) is 0. The van der Waals surface area contributed by atoms with E-state index < -0.39 is 0 Å². The van der Waals surface area contributed by atoms with Gasteiger partial charge in [-0.25, -0.2) is 4.79 Å². The van der Waals surface area contributed by atoms with Gasteiger partial charge in [-0.05, 0) is 29.7 Å². The SMILES string of the molecule is COC(=O)c1ccc2cn(CCC(c3ccccc3)c3ccccc3)nc2c1. The molecule has 1 aromatic heterocycles. The van der Waals surface area contributed by atoms with E-state index in [1.54, 1.807) is 12.1 Å². The van der Waals surface area contributed by atoms with Crippen molar-refractivity contribution in [2.24, 2.45) is 0 Å². The number of ether oxygens (including phenoxy) is 1. The molecule has 0 fully saturated rings. The summed E-state index contributed by atoms with van der Waals surface area (Å²) in [6, 6.07) is 26.6. The maximum atomic E-state index is 11.7. The van der Waals surface area contributed by atoms with Gasteiger partial charge in [0, 0.05) is 24.0 Å². The molecule has 4 heteroatoms. The van der Waals surface area contributed by atoms with Crippen LogP contribution in [0.3, 0.4) is 0 Å². The maximum absolute atomic E-state index is 11.7. The third kappa shape index (κ3) is 3.81. The van der Waals surface area contributed by atoms with Crippen molar-refractivity contribution in [2.75, 3.05) is 7.11 Å². The van der Waals surface area contributed by atoms with Crippen LogP contribution in [-0.2, 0) is 11.3 Å². The lowest BCUT2D eigenvalue weighted by molar-refractivity contribution is 0.0601. The zero-order chi connectivity index (χ0) is 19.3. The predicted molar refractivity (Wildman–Crippen MR) is 110 cm³/mol. The summed E-state index contributed by atoms with van der Waals surface area (Å²) in [5.74, 6) is -0.0370. The second-order valence-electron chi connectivity index (χ2n) is 6.82. The lowest BCUT2D eigenvalue weighted by Gasteiger charge is -2.18. The minimum absolute atomic E-state index is 0.306. The average Bonchev–Trinajstić information content (AvgIpc) is 3.17. The summed E-state index contributed by atoms with van der Waals surface area (Å²) < 4.78 is 6.76. The first-order valence-electron chi connectivity index (χ1n) is 9.40. The van der Waals surface area contributed by atoms with Crippen LogP contribution in [-0.4, -0.2) is 22.9 Å². The number of hydrogen-bond acceptors (Lipinski definition) is 3. The van der Waals surface area contributed by atoms with Crippen LogP contribution < -0.4 is 0 Å². The van der Waals surface area contributed by atoms with Crippen LogP contribution in [0.25, 0.3) is 10.9 Å². The minimum Gasteiger partial charge on any atom is -0.465 e. The van der Waals surface area contributed by atoms with Gasteiger partial charge in [0.2, 0.25) is 0 Å². The first-order valence-corrected chi connectivity index (χ1v) is 9.40. The van der Waals surface area contributed by atoms with Crippen molar-refractivity contribution in [1.29, 1.82) is 0 Å². The molecule has 0 spiro atoms. The summed E-state index contributed by atoms with van der Waals surface area (Å²) >= 11 is 0. The summed E-state index contributed by atoms with van der Waals surface area (Å²) in [5.41, 5.74) is 3.93. The second-order valence-corrected chi connectivity index (χ2v) is 6.82. The number of carbonyl (C=O) groups is 1. The molecule has 0 saturated heterocycles. The van der Waals surface area contributed by atoms with Gasteiger partial charge in [-0.3, -0.25) is 4.68 Å². The highest BCUT2D eigenvalue weighted by Gasteiger charge is 2.15. The Bertz CT molecular complexity index is 1030. The number of aromatic nitrogens is 2. The Labute approximate surface area is 164 Å². The van der Waals surface area contributed by atoms with Gasteiger partial charge in [0.1, 0.15) is 0 Å². The van der Waals surface area contributed by atoms with Crippen LogP contribution in [0.2, 0.25) is 0 Å². The van der Waals surface area contributed by atoms with Crippen LogP contribution in [0, 0.1) is 0 Å². The highest BCUT2D eigenvalue weighted by atomic mass is 16.5. The van der Waals surface area contributed by atoms with E-state index in [1.807, 2.05) is 29.1 Å². The third-order valence-corrected chi connectivity index (χ3v) is 5.03. The number of carbonyl (C=O) groups excluding carboxylic acids is 1. The van der Waals surface area contributed by atoms with E-state index in [4.69, 9.17) is 4.74 Å². The zero-order valence-electron chi connectivity index (χ0n) is 15.8. The van der Waals surface area contributed by atoms with Crippen molar-refractivity contribution < 1.29 is 9.53 Å². The van der Waals surface area contributed by atoms with E-state index in [0.29, 0.717) is 11.5 Å². The van der Waals surface area contributed by atoms with Crippen LogP contribution in [0.5, 0.6) is 0 Å². The van der Waals surface area contributed by atoms with Crippen LogP contribution in [0.1, 0.15) is 33.8 Å². The Morgan fingerprint density at radius 2 is 1.61 bits per heavy atom. The topological polar surface area (TPSA) is 44.1 Å². The molecule has 1 heterocycles. The fourth-order valence-electron chi connectivity index (χ4n) is 3.58. The Kier molecular flexibility index (Phi) is 5.20. The normalized spacial score (nSPS) is 11.1. The molecule has 0 atom stereocenters. The van der Waals surface area contributed by atoms with Gasteiger partial charge in [-0.15, -0.1) is 0 Å². The van der Waals surface area contributed by atoms with E-state index in [0.717, 1.165) is 23.9 Å². The highest BCUT2D eigenvalue weighted by Crippen LogP contribution is 2.28. The Hall–Kier alpha value is -3.40. The Morgan fingerprint density at radius 1 is 0.964 bits per heavy atom. The molecule has 0 aliphatic rings. The Balaban J connectivity index is 1.58. The minimum atomic E-state index is -0.343. The summed E-state index contributed by atoms with van der Waals surface area (Å²) in [6.45, 7) is 0.788. The van der Waals surface area contributed by atoms with E-state index in [-0.39, 0.29) is 5.97 Å². The number of fused-ring (bicyclic) bond motifs is 1. The van der Waals surface area contributed by atoms with Crippen LogP contribution in [0.15, 0.2) is 85.1 Å². The summed E-state index contributed by atoms with van der Waals surface area (Å²) in [6.07, 6.45) is 2.97. The average molecular weight is 370 g/mol. The van der Waals surface area contributed by atoms with Crippen molar-refractivity contribution in [3.8, 4) is 0 Å². The molecule has 0 bridgehead atoms. The predicted octanol–water partition coefficient (Wildman–Crippen LogP) is 5.05. The van der Waals surface area contributed by atoms with Gasteiger partial charge in [-0.2, -0.15) is 5.10 Å². The van der Waals surface area contributed by atoms with Crippen LogP contribution in [0.4, 0.5) is 0 Å². The van der Waals surface area contributed by atoms with Gasteiger partial charge in [0.15, 0.2) is 0 Å². The summed E-state index contributed by atoms with van der Waals surface area (Å²) in [4.78, 5) is 11.7. The molecule has 0 N–H and O–H groups in total. The fourth-order valence-corrected chi connectivity index (χ4v) is 3.58. The lowest BCUT2D eigenvalue weighted by atomic mass is 9.88. The number of nitrogens with zero attached hydrogens (tertiary/aromatic N) is 2. The largest absolute Gasteiger partial charge is 0.465 e. The molecule has 4 rings (SSSR count). The first kappa shape index (κ1) is 18.0. The van der Waals surface area contributed by atoms with Crippen molar-refractivity contribution in [3.63, 3.8) is 0 Å². The molecule has 0 aliphatic heterocycles. The summed E-state index contributed by atoms with van der Waals surface area (Å²) in [5, 5.41) is 5.68. The lowest BCUT2D eigenvalue weighted by Crippen LogP contribution is -2.07. The molecule has 4 aromatic rings. The number of esters is 1. The molecule has 28 heavy (non-hydrogen) atoms. The Morgan fingerprint density at radius 3 is 2.21 bits per heavy atom. The van der Waals surface area contributed by atoms with Gasteiger partial charge >= 0.3 is 5.97 Å². The number of aryl methyl sites for hydroxylation is 1. The number of methoxy groups -OCH3 is 1. The van der Waals surface area contributed by atoms with Crippen molar-refractivity contribution in [2.45, 2.75) is 18.9 Å². The van der Waals surface area contributed by atoms with Gasteiger partial charge < -0.3 is 4.74 Å². The number of benzene rings is 3. The van der Waals surface area contributed by atoms with Gasteiger partial charge in [-0.1, -0.05) is 66.7 Å². The van der Waals surface area contributed by atoms with Crippen molar-refractivity contribution >= 4 is 16.9 Å². The molecule has 0 radical (unpaired) electrons. The number of rotatable bonds is 6. The molecular formula is C24H22N2O2. The van der Waals surface area contributed by atoms with E-state index >= 15 is 0 Å². The van der Waals surface area contributed by atoms with E-state index in [2.05, 4.69) is 53.6 Å².